The molecule has 0 fully saturated rings. The molecule has 8 nitrogen and oxygen atoms in total. The van der Waals surface area contributed by atoms with Crippen molar-refractivity contribution >= 4 is 17.6 Å². The Kier molecular flexibility index (Phi) is 7.51. The van der Waals surface area contributed by atoms with E-state index in [-0.39, 0.29) is 34.1 Å². The summed E-state index contributed by atoms with van der Waals surface area (Å²) in [7, 11) is 1.24. The summed E-state index contributed by atoms with van der Waals surface area (Å²) < 4.78 is 104. The Labute approximate surface area is 202 Å². The average molecular weight is 528 g/mol. The third-order valence-corrected chi connectivity index (χ3v) is 4.64. The lowest BCUT2D eigenvalue weighted by Crippen LogP contribution is -2.16. The first-order chi connectivity index (χ1) is 17.4. The van der Waals surface area contributed by atoms with Gasteiger partial charge < -0.3 is 9.47 Å². The van der Waals surface area contributed by atoms with Crippen LogP contribution >= 0.6 is 0 Å². The Morgan fingerprint density at radius 1 is 1.00 bits per heavy atom. The van der Waals surface area contributed by atoms with Crippen LogP contribution in [0.15, 0.2) is 41.5 Å². The van der Waals surface area contributed by atoms with Gasteiger partial charge in [-0.25, -0.2) is 17.6 Å². The van der Waals surface area contributed by atoms with Gasteiger partial charge in [0.2, 0.25) is 0 Å². The number of hydrogen-bond donors (Lipinski definition) is 1. The topological polar surface area (TPSA) is 110 Å². The van der Waals surface area contributed by atoms with E-state index in [0.29, 0.717) is 0 Å². The molecular weight excluding hydrogens is 517 g/mol. The molecular formula is C22H11F7N4O4. The van der Waals surface area contributed by atoms with Gasteiger partial charge in [0, 0.05) is 12.1 Å². The highest BCUT2D eigenvalue weighted by atomic mass is 19.4. The number of anilines is 1. The fourth-order valence-corrected chi connectivity index (χ4v) is 2.93. The molecule has 3 aromatic carbocycles. The summed E-state index contributed by atoms with van der Waals surface area (Å²) in [5.74, 6) is -9.91. The number of methoxy groups -OCH3 is 1. The van der Waals surface area contributed by atoms with E-state index < -0.39 is 45.6 Å². The number of nitriles is 1. The molecule has 0 aliphatic heterocycles. The van der Waals surface area contributed by atoms with Crippen LogP contribution in [0.2, 0.25) is 0 Å². The lowest BCUT2D eigenvalue weighted by Gasteiger charge is -2.13. The largest absolute Gasteiger partial charge is 0.493 e. The SMILES string of the molecule is COc1cc(/C=N\Nc2c(F)c(F)c(C(F)(F)F)c(F)c2F)ccc1Oc1ccc([N+](=O)[O-])cc1C#N. The zero-order chi connectivity index (χ0) is 27.5. The minimum absolute atomic E-state index is 0.0354. The van der Waals surface area contributed by atoms with Crippen LogP contribution in [-0.4, -0.2) is 18.2 Å². The van der Waals surface area contributed by atoms with Crippen molar-refractivity contribution in [3.8, 4) is 23.3 Å². The molecule has 3 aromatic rings. The Bertz CT molecular complexity index is 1420. The number of nitrogens with zero attached hydrogens (tertiary/aromatic N) is 3. The van der Waals surface area contributed by atoms with Crippen LogP contribution < -0.4 is 14.9 Å². The van der Waals surface area contributed by atoms with Gasteiger partial charge in [0.15, 0.2) is 34.8 Å². The van der Waals surface area contributed by atoms with Gasteiger partial charge >= 0.3 is 6.18 Å². The second-order valence-electron chi connectivity index (χ2n) is 6.94. The molecule has 37 heavy (non-hydrogen) atoms. The number of ether oxygens (including phenoxy) is 2. The monoisotopic (exact) mass is 528 g/mol. The fraction of sp³-hybridized carbons (Fsp3) is 0.0909. The van der Waals surface area contributed by atoms with E-state index in [0.717, 1.165) is 18.3 Å². The number of nitro benzene ring substituents is 1. The summed E-state index contributed by atoms with van der Waals surface area (Å²) in [6.07, 6.45) is -4.79. The molecule has 1 N–H and O–H groups in total. The number of halogens is 7. The highest BCUT2D eigenvalue weighted by Gasteiger charge is 2.42. The molecule has 3 rings (SSSR count). The number of nitrogens with one attached hydrogen (secondary N) is 1. The zero-order valence-electron chi connectivity index (χ0n) is 18.2. The first kappa shape index (κ1) is 26.7. The quantitative estimate of drug-likeness (QED) is 0.127. The van der Waals surface area contributed by atoms with E-state index in [1.165, 1.54) is 31.4 Å². The van der Waals surface area contributed by atoms with Crippen LogP contribution in [0.3, 0.4) is 0 Å². The number of non-ortho nitro benzene ring substituents is 1. The highest BCUT2D eigenvalue weighted by Crippen LogP contribution is 2.39. The molecule has 0 spiro atoms. The van der Waals surface area contributed by atoms with Crippen molar-refractivity contribution in [3.63, 3.8) is 0 Å². The van der Waals surface area contributed by atoms with Gasteiger partial charge in [-0.15, -0.1) is 0 Å². The molecule has 0 unspecified atom stereocenters. The van der Waals surface area contributed by atoms with Gasteiger partial charge in [-0.2, -0.15) is 23.5 Å². The zero-order valence-corrected chi connectivity index (χ0v) is 18.2. The Morgan fingerprint density at radius 2 is 1.62 bits per heavy atom. The maximum Gasteiger partial charge on any atom is 0.422 e. The van der Waals surface area contributed by atoms with Crippen LogP contribution in [-0.2, 0) is 6.18 Å². The number of hydrazone groups is 1. The molecule has 0 saturated heterocycles. The predicted octanol–water partition coefficient (Wildman–Crippen LogP) is 6.29. The van der Waals surface area contributed by atoms with Gasteiger partial charge in [-0.3, -0.25) is 15.5 Å². The lowest BCUT2D eigenvalue weighted by atomic mass is 10.1. The molecule has 0 saturated carbocycles. The standard InChI is InChI=1S/C22H11F7N4O4/c1-36-15-6-10(2-4-14(15)37-13-5-3-12(33(34)35)7-11(13)8-30)9-31-32-21-19(25)17(23)16(22(27,28)29)18(24)20(21)26/h2-7,9,32H,1H3/b31-9-. The van der Waals surface area contributed by atoms with Crippen LogP contribution in [0, 0.1) is 44.7 Å². The summed E-state index contributed by atoms with van der Waals surface area (Å²) in [4.78, 5) is 10.2. The lowest BCUT2D eigenvalue weighted by molar-refractivity contribution is -0.384. The third kappa shape index (κ3) is 5.53. The van der Waals surface area contributed by atoms with Gasteiger partial charge in [0.25, 0.3) is 5.69 Å². The second kappa shape index (κ2) is 10.4. The molecule has 15 heteroatoms. The molecule has 0 heterocycles. The van der Waals surface area contributed by atoms with Crippen molar-refractivity contribution in [2.24, 2.45) is 5.10 Å². The van der Waals surface area contributed by atoms with Crippen LogP contribution in [0.25, 0.3) is 0 Å². The summed E-state index contributed by atoms with van der Waals surface area (Å²) in [6, 6.07) is 8.97. The van der Waals surface area contributed by atoms with Gasteiger partial charge in [0.05, 0.1) is 18.2 Å². The highest BCUT2D eigenvalue weighted by molar-refractivity contribution is 5.81. The Balaban J connectivity index is 1.86. The number of benzene rings is 3. The molecule has 0 atom stereocenters. The number of rotatable bonds is 7. The summed E-state index contributed by atoms with van der Waals surface area (Å²) in [6.45, 7) is 0. The van der Waals surface area contributed by atoms with E-state index >= 15 is 0 Å². The van der Waals surface area contributed by atoms with Gasteiger partial charge in [-0.05, 0) is 29.8 Å². The Hall–Kier alpha value is -4.87. The predicted molar refractivity (Wildman–Crippen MR) is 113 cm³/mol. The minimum atomic E-state index is -5.68. The van der Waals surface area contributed by atoms with Crippen molar-refractivity contribution in [2.45, 2.75) is 6.18 Å². The van der Waals surface area contributed by atoms with Gasteiger partial charge in [-0.1, -0.05) is 0 Å². The summed E-state index contributed by atoms with van der Waals surface area (Å²) in [5, 5.41) is 23.5. The van der Waals surface area contributed by atoms with E-state index in [1.54, 1.807) is 11.5 Å². The molecule has 0 amide bonds. The van der Waals surface area contributed by atoms with Crippen molar-refractivity contribution in [2.75, 3.05) is 12.5 Å². The number of nitro groups is 1. The van der Waals surface area contributed by atoms with Crippen LogP contribution in [0.4, 0.5) is 42.1 Å². The fourth-order valence-electron chi connectivity index (χ4n) is 2.93. The first-order valence-electron chi connectivity index (χ1n) is 9.65. The van der Waals surface area contributed by atoms with Crippen molar-refractivity contribution in [1.29, 1.82) is 5.26 Å². The van der Waals surface area contributed by atoms with E-state index in [9.17, 15) is 46.1 Å². The third-order valence-electron chi connectivity index (χ3n) is 4.64. The van der Waals surface area contributed by atoms with Gasteiger partial charge in [0.1, 0.15) is 28.6 Å². The smallest absolute Gasteiger partial charge is 0.422 e. The molecule has 192 valence electrons. The second-order valence-corrected chi connectivity index (χ2v) is 6.94. The van der Waals surface area contributed by atoms with Crippen molar-refractivity contribution in [3.05, 3.63) is 86.5 Å². The van der Waals surface area contributed by atoms with E-state index in [4.69, 9.17) is 9.47 Å². The van der Waals surface area contributed by atoms with E-state index in [1.807, 2.05) is 0 Å². The molecule has 0 aliphatic carbocycles. The first-order valence-corrected chi connectivity index (χ1v) is 9.65. The maximum absolute atomic E-state index is 14.0. The summed E-state index contributed by atoms with van der Waals surface area (Å²) >= 11 is 0. The number of hydrogen-bond acceptors (Lipinski definition) is 7. The van der Waals surface area contributed by atoms with Crippen molar-refractivity contribution < 1.29 is 45.1 Å². The minimum Gasteiger partial charge on any atom is -0.493 e. The molecule has 0 aliphatic rings. The Morgan fingerprint density at radius 3 is 2.16 bits per heavy atom. The number of alkyl halides is 3. The molecule has 0 aromatic heterocycles. The summed E-state index contributed by atoms with van der Waals surface area (Å²) in [5.41, 5.74) is -3.01. The van der Waals surface area contributed by atoms with Crippen LogP contribution in [0.5, 0.6) is 17.2 Å². The van der Waals surface area contributed by atoms with E-state index in [2.05, 4.69) is 5.10 Å². The maximum atomic E-state index is 14.0. The van der Waals surface area contributed by atoms with Crippen LogP contribution in [0.1, 0.15) is 16.7 Å². The molecule has 0 bridgehead atoms. The normalized spacial score (nSPS) is 11.3. The van der Waals surface area contributed by atoms with Crippen molar-refractivity contribution in [1.82, 2.24) is 0 Å². The average Bonchev–Trinajstić information content (AvgIpc) is 2.84. The molecule has 0 radical (unpaired) electrons.